The van der Waals surface area contributed by atoms with Crippen molar-refractivity contribution in [2.75, 3.05) is 0 Å². The van der Waals surface area contributed by atoms with Gasteiger partial charge in [0.05, 0.1) is 0 Å². The summed E-state index contributed by atoms with van der Waals surface area (Å²) < 4.78 is 0.697. The first kappa shape index (κ1) is 21.5. The fourth-order valence-electron chi connectivity index (χ4n) is 0.300. The predicted octanol–water partition coefficient (Wildman–Crippen LogP) is 9.15. The van der Waals surface area contributed by atoms with Gasteiger partial charge in [-0.1, -0.05) is 63.1 Å². The van der Waals surface area contributed by atoms with Crippen LogP contribution in [0.4, 0.5) is 0 Å². The summed E-state index contributed by atoms with van der Waals surface area (Å²) >= 11 is 0. The molecule has 10 heteroatoms. The molecule has 0 atom stereocenters. The molecule has 0 N–H and O–H groups in total. The summed E-state index contributed by atoms with van der Waals surface area (Å²) in [6, 6.07) is 0. The van der Waals surface area contributed by atoms with Crippen LogP contribution in [0.15, 0.2) is 0 Å². The lowest BCUT2D eigenvalue weighted by molar-refractivity contribution is 0.810. The second-order valence-corrected chi connectivity index (χ2v) is 22.9. The summed E-state index contributed by atoms with van der Waals surface area (Å²) in [5.41, 5.74) is 0. The van der Waals surface area contributed by atoms with Gasteiger partial charge in [-0.3, -0.25) is 0 Å². The van der Waals surface area contributed by atoms with Crippen LogP contribution in [0.3, 0.4) is 0 Å². The molecule has 0 spiro atoms. The molecule has 0 bridgehead atoms. The first-order chi connectivity index (χ1) is 8.21. The molecule has 0 aromatic rings. The molecule has 0 aliphatic carbocycles. The van der Waals surface area contributed by atoms with Gasteiger partial charge in [-0.05, 0) is 78.6 Å². The van der Waals surface area contributed by atoms with Gasteiger partial charge < -0.3 is 0 Å². The zero-order valence-corrected chi connectivity index (χ0v) is 19.2. The average Bonchev–Trinajstić information content (AvgIpc) is 2.17. The average molecular weight is 435 g/mol. The van der Waals surface area contributed by atoms with Crippen molar-refractivity contribution < 1.29 is 0 Å². The maximum atomic E-state index is 2.24. The fourth-order valence-corrected chi connectivity index (χ4v) is 24.3. The Balaban J connectivity index is 3.13. The second kappa shape index (κ2) is 12.0. The minimum absolute atomic E-state index is 0.349. The van der Waals surface area contributed by atoms with Gasteiger partial charge in [0.25, 0.3) is 0 Å². The SMILES string of the molecule is CC(C)(C)SSSSSSSSSSC(C)(C)C. The monoisotopic (exact) mass is 434 g/mol. The van der Waals surface area contributed by atoms with Crippen LogP contribution < -0.4 is 0 Å². The summed E-state index contributed by atoms with van der Waals surface area (Å²) in [4.78, 5) is 0. The van der Waals surface area contributed by atoms with Crippen LogP contribution in [0.1, 0.15) is 41.5 Å². The first-order valence-corrected chi connectivity index (χ1v) is 17.7. The number of hydrogen-bond donors (Lipinski definition) is 0. The lowest BCUT2D eigenvalue weighted by atomic mass is 10.3. The van der Waals surface area contributed by atoms with Crippen LogP contribution in [-0.4, -0.2) is 9.49 Å². The van der Waals surface area contributed by atoms with E-state index in [0.29, 0.717) is 9.49 Å². The van der Waals surface area contributed by atoms with E-state index in [4.69, 9.17) is 0 Å². The maximum absolute atomic E-state index is 2.24. The van der Waals surface area contributed by atoms with E-state index in [2.05, 4.69) is 41.5 Å². The van der Waals surface area contributed by atoms with Crippen molar-refractivity contribution in [2.24, 2.45) is 0 Å². The smallest absolute Gasteiger partial charge is 0.0187 e. The van der Waals surface area contributed by atoms with E-state index < -0.39 is 0 Å². The predicted molar refractivity (Wildman–Crippen MR) is 115 cm³/mol. The minimum Gasteiger partial charge on any atom is -0.0757 e. The van der Waals surface area contributed by atoms with Gasteiger partial charge >= 0.3 is 0 Å². The zero-order valence-electron chi connectivity index (χ0n) is 11.1. The van der Waals surface area contributed by atoms with Crippen LogP contribution in [-0.2, 0) is 0 Å². The molecule has 110 valence electrons. The zero-order chi connectivity index (χ0) is 14.1. The largest absolute Gasteiger partial charge is 0.0757 e. The third-order valence-corrected chi connectivity index (χ3v) is 22.1. The molecule has 0 rings (SSSR count). The summed E-state index contributed by atoms with van der Waals surface area (Å²) in [7, 11) is 18.7. The van der Waals surface area contributed by atoms with E-state index in [0.717, 1.165) is 0 Å². The van der Waals surface area contributed by atoms with Gasteiger partial charge in [-0.25, -0.2) is 0 Å². The highest BCUT2D eigenvalue weighted by molar-refractivity contribution is 9.52. The van der Waals surface area contributed by atoms with E-state index in [1.807, 2.05) is 100 Å². The maximum Gasteiger partial charge on any atom is 0.0187 e. The molecule has 18 heavy (non-hydrogen) atoms. The molecule has 0 fully saturated rings. The van der Waals surface area contributed by atoms with Crippen molar-refractivity contribution in [2.45, 2.75) is 51.0 Å². The molecule has 0 aromatic heterocycles. The summed E-state index contributed by atoms with van der Waals surface area (Å²) in [6.07, 6.45) is 0. The summed E-state index contributed by atoms with van der Waals surface area (Å²) in [5.74, 6) is 0. The second-order valence-electron chi connectivity index (χ2n) is 4.94. The van der Waals surface area contributed by atoms with Crippen molar-refractivity contribution in [3.05, 3.63) is 0 Å². The Hall–Kier alpha value is 3.50. The molecule has 0 aromatic carbocycles. The Morgan fingerprint density at radius 3 is 0.833 bits per heavy atom. The highest BCUT2D eigenvalue weighted by atomic mass is 34.0. The van der Waals surface area contributed by atoms with E-state index in [-0.39, 0.29) is 0 Å². The van der Waals surface area contributed by atoms with Gasteiger partial charge in [0, 0.05) is 9.49 Å². The highest BCUT2D eigenvalue weighted by Crippen LogP contribution is 2.61. The molecule has 0 unspecified atom stereocenters. The molecule has 0 radical (unpaired) electrons. The van der Waals surface area contributed by atoms with Gasteiger partial charge in [0.2, 0.25) is 0 Å². The van der Waals surface area contributed by atoms with Crippen LogP contribution in [0, 0.1) is 0 Å². The molecule has 0 saturated heterocycles. The molecule has 0 heterocycles. The van der Waals surface area contributed by atoms with Gasteiger partial charge in [-0.15, -0.1) is 0 Å². The van der Waals surface area contributed by atoms with Gasteiger partial charge in [-0.2, -0.15) is 0 Å². The van der Waals surface area contributed by atoms with Crippen molar-refractivity contribution in [3.63, 3.8) is 0 Å². The van der Waals surface area contributed by atoms with Crippen molar-refractivity contribution in [3.8, 4) is 0 Å². The first-order valence-electron chi connectivity index (χ1n) is 4.91. The molecule has 0 aliphatic heterocycles. The van der Waals surface area contributed by atoms with Crippen LogP contribution >= 0.6 is 100 Å². The fraction of sp³-hybridized carbons (Fsp3) is 1.00. The number of hydrogen-bond acceptors (Lipinski definition) is 10. The van der Waals surface area contributed by atoms with E-state index in [1.165, 1.54) is 0 Å². The molecule has 0 amide bonds. The van der Waals surface area contributed by atoms with Gasteiger partial charge in [0.15, 0.2) is 0 Å². The van der Waals surface area contributed by atoms with Crippen molar-refractivity contribution in [1.29, 1.82) is 0 Å². The topological polar surface area (TPSA) is 0 Å². The number of rotatable bonds is 9. The van der Waals surface area contributed by atoms with Gasteiger partial charge in [0.1, 0.15) is 0 Å². The van der Waals surface area contributed by atoms with E-state index in [1.54, 1.807) is 0 Å². The van der Waals surface area contributed by atoms with Crippen LogP contribution in [0.5, 0.6) is 0 Å². The van der Waals surface area contributed by atoms with Crippen LogP contribution in [0.2, 0.25) is 0 Å². The molecule has 0 saturated carbocycles. The Labute approximate surface area is 149 Å². The standard InChI is InChI=1S/C8H18S10/c1-7(2,3)9-11-13-15-17-18-16-14-12-10-8(4,5)6/h1-6H3. The summed E-state index contributed by atoms with van der Waals surface area (Å²) in [5, 5.41) is 0. The molecular formula is C8H18S10. The lowest BCUT2D eigenvalue weighted by Crippen LogP contribution is -2.03. The molecular weight excluding hydrogens is 417 g/mol. The minimum atomic E-state index is 0.349. The van der Waals surface area contributed by atoms with Crippen molar-refractivity contribution >= 4 is 100 Å². The van der Waals surface area contributed by atoms with Crippen molar-refractivity contribution in [1.82, 2.24) is 0 Å². The normalized spacial score (nSPS) is 13.0. The third-order valence-electron chi connectivity index (χ3n) is 0.762. The highest BCUT2D eigenvalue weighted by Gasteiger charge is 2.12. The Bertz CT molecular complexity index is 173. The molecule has 0 aliphatic rings. The Morgan fingerprint density at radius 2 is 0.611 bits per heavy atom. The van der Waals surface area contributed by atoms with E-state index >= 15 is 0 Å². The Morgan fingerprint density at radius 1 is 0.389 bits per heavy atom. The lowest BCUT2D eigenvalue weighted by Gasteiger charge is -2.15. The van der Waals surface area contributed by atoms with E-state index in [9.17, 15) is 0 Å². The third kappa shape index (κ3) is 19.5. The quantitative estimate of drug-likeness (QED) is 0.253. The summed E-state index contributed by atoms with van der Waals surface area (Å²) in [6.45, 7) is 13.5. The molecule has 0 nitrogen and oxygen atoms in total. The Kier molecular flexibility index (Phi) is 14.3. The van der Waals surface area contributed by atoms with Crippen LogP contribution in [0.25, 0.3) is 0 Å².